The second-order valence-corrected chi connectivity index (χ2v) is 8.79. The second kappa shape index (κ2) is 7.47. The van der Waals surface area contributed by atoms with Gasteiger partial charge < -0.3 is 9.42 Å². The minimum atomic E-state index is -0.169. The van der Waals surface area contributed by atoms with Crippen molar-refractivity contribution in [3.63, 3.8) is 0 Å². The number of hydrogen-bond donors (Lipinski definition) is 0. The predicted octanol–water partition coefficient (Wildman–Crippen LogP) is 5.21. The molecule has 2 aromatic carbocycles. The maximum atomic E-state index is 12.5. The van der Waals surface area contributed by atoms with Gasteiger partial charge >= 0.3 is 0 Å². The average molecular weight is 389 g/mol. The molecule has 150 valence electrons. The van der Waals surface area contributed by atoms with Gasteiger partial charge in [-0.15, -0.1) is 0 Å². The van der Waals surface area contributed by atoms with Gasteiger partial charge in [-0.25, -0.2) is 0 Å². The van der Waals surface area contributed by atoms with Crippen LogP contribution < -0.4 is 0 Å². The Hall–Kier alpha value is -2.95. The molecule has 29 heavy (non-hydrogen) atoms. The summed E-state index contributed by atoms with van der Waals surface area (Å²) in [6, 6.07) is 16.2. The Morgan fingerprint density at radius 1 is 1.10 bits per heavy atom. The number of rotatable bonds is 4. The Balaban J connectivity index is 1.56. The number of hydrogen-bond acceptors (Lipinski definition) is 4. The Labute approximate surface area is 171 Å². The smallest absolute Gasteiger partial charge is 0.249 e. The van der Waals surface area contributed by atoms with Crippen molar-refractivity contribution in [1.29, 1.82) is 0 Å². The van der Waals surface area contributed by atoms with Gasteiger partial charge in [0.25, 0.3) is 0 Å². The van der Waals surface area contributed by atoms with Crippen molar-refractivity contribution in [1.82, 2.24) is 15.0 Å². The normalized spacial score (nSPS) is 17.2. The van der Waals surface area contributed by atoms with Crippen LogP contribution in [0.5, 0.6) is 0 Å². The molecular weight excluding hydrogens is 362 g/mol. The molecule has 5 nitrogen and oxygen atoms in total. The SMILES string of the molecule is Cc1ccccc1CN1C(=O)CCC1c1nc(-c2ccc(C(C)(C)C)cc2)no1. The summed E-state index contributed by atoms with van der Waals surface area (Å²) < 4.78 is 5.59. The molecular formula is C24H27N3O2. The summed E-state index contributed by atoms with van der Waals surface area (Å²) in [5.74, 6) is 1.21. The van der Waals surface area contributed by atoms with E-state index in [4.69, 9.17) is 4.52 Å². The highest BCUT2D eigenvalue weighted by Gasteiger charge is 2.36. The molecule has 0 radical (unpaired) electrons. The molecule has 0 saturated carbocycles. The van der Waals surface area contributed by atoms with Gasteiger partial charge in [0.1, 0.15) is 6.04 Å². The van der Waals surface area contributed by atoms with Crippen LogP contribution >= 0.6 is 0 Å². The van der Waals surface area contributed by atoms with Crippen LogP contribution in [-0.4, -0.2) is 20.9 Å². The maximum Gasteiger partial charge on any atom is 0.249 e. The lowest BCUT2D eigenvalue weighted by Gasteiger charge is -2.23. The fourth-order valence-corrected chi connectivity index (χ4v) is 3.77. The molecule has 1 aliphatic rings. The number of nitrogens with zero attached hydrogens (tertiary/aromatic N) is 3. The fraction of sp³-hybridized carbons (Fsp3) is 0.375. The molecule has 3 aromatic rings. The highest BCUT2D eigenvalue weighted by Crippen LogP contribution is 2.34. The highest BCUT2D eigenvalue weighted by molar-refractivity contribution is 5.79. The lowest BCUT2D eigenvalue weighted by Crippen LogP contribution is -2.27. The first-order valence-corrected chi connectivity index (χ1v) is 10.1. The molecule has 0 aliphatic carbocycles. The number of aromatic nitrogens is 2. The number of amides is 1. The van der Waals surface area contributed by atoms with E-state index in [0.29, 0.717) is 31.1 Å². The van der Waals surface area contributed by atoms with E-state index < -0.39 is 0 Å². The summed E-state index contributed by atoms with van der Waals surface area (Å²) >= 11 is 0. The van der Waals surface area contributed by atoms with Crippen LogP contribution in [0.15, 0.2) is 53.1 Å². The van der Waals surface area contributed by atoms with Gasteiger partial charge in [0.2, 0.25) is 17.6 Å². The van der Waals surface area contributed by atoms with Gasteiger partial charge in [-0.3, -0.25) is 4.79 Å². The summed E-state index contributed by atoms with van der Waals surface area (Å²) in [7, 11) is 0. The summed E-state index contributed by atoms with van der Waals surface area (Å²) in [5.41, 5.74) is 4.60. The zero-order valence-electron chi connectivity index (χ0n) is 17.5. The van der Waals surface area contributed by atoms with Gasteiger partial charge in [-0.05, 0) is 35.4 Å². The third kappa shape index (κ3) is 3.95. The van der Waals surface area contributed by atoms with Crippen molar-refractivity contribution < 1.29 is 9.32 Å². The molecule has 1 atom stereocenters. The van der Waals surface area contributed by atoms with Crippen LogP contribution in [-0.2, 0) is 16.8 Å². The number of carbonyl (C=O) groups is 1. The van der Waals surface area contributed by atoms with Gasteiger partial charge in [-0.1, -0.05) is 74.5 Å². The lowest BCUT2D eigenvalue weighted by molar-refractivity contribution is -0.130. The maximum absolute atomic E-state index is 12.5. The minimum absolute atomic E-state index is 0.0984. The van der Waals surface area contributed by atoms with E-state index in [1.54, 1.807) is 0 Å². The van der Waals surface area contributed by atoms with Crippen molar-refractivity contribution in [2.24, 2.45) is 0 Å². The Kier molecular flexibility index (Phi) is 4.99. The zero-order chi connectivity index (χ0) is 20.6. The molecule has 0 spiro atoms. The van der Waals surface area contributed by atoms with E-state index in [1.165, 1.54) is 11.1 Å². The zero-order valence-corrected chi connectivity index (χ0v) is 17.5. The van der Waals surface area contributed by atoms with E-state index in [0.717, 1.165) is 11.1 Å². The van der Waals surface area contributed by atoms with Crippen LogP contribution in [0.25, 0.3) is 11.4 Å². The molecule has 5 heteroatoms. The predicted molar refractivity (Wildman–Crippen MR) is 112 cm³/mol. The molecule has 0 N–H and O–H groups in total. The summed E-state index contributed by atoms with van der Waals surface area (Å²) in [4.78, 5) is 19.0. The van der Waals surface area contributed by atoms with E-state index in [1.807, 2.05) is 29.2 Å². The Morgan fingerprint density at radius 3 is 2.52 bits per heavy atom. The van der Waals surface area contributed by atoms with Crippen molar-refractivity contribution >= 4 is 5.91 Å². The van der Waals surface area contributed by atoms with Gasteiger partial charge in [0.15, 0.2) is 0 Å². The molecule has 1 aliphatic heterocycles. The first-order chi connectivity index (χ1) is 13.8. The third-order valence-electron chi connectivity index (χ3n) is 5.67. The van der Waals surface area contributed by atoms with Crippen molar-refractivity contribution in [2.75, 3.05) is 0 Å². The largest absolute Gasteiger partial charge is 0.337 e. The molecule has 0 bridgehead atoms. The number of likely N-dealkylation sites (tertiary alicyclic amines) is 1. The number of carbonyl (C=O) groups excluding carboxylic acids is 1. The van der Waals surface area contributed by atoms with E-state index >= 15 is 0 Å². The standard InChI is InChI=1S/C24H27N3O2/c1-16-7-5-6-8-18(16)15-27-20(13-14-21(27)28)23-25-22(26-29-23)17-9-11-19(12-10-17)24(2,3)4/h5-12,20H,13-15H2,1-4H3. The van der Waals surface area contributed by atoms with Crippen LogP contribution in [0.3, 0.4) is 0 Å². The molecule has 1 aromatic heterocycles. The third-order valence-corrected chi connectivity index (χ3v) is 5.67. The Bertz CT molecular complexity index is 1020. The van der Waals surface area contributed by atoms with Crippen molar-refractivity contribution in [2.45, 2.75) is 58.5 Å². The summed E-state index contributed by atoms with van der Waals surface area (Å²) in [6.07, 6.45) is 1.21. The Morgan fingerprint density at radius 2 is 1.83 bits per heavy atom. The number of benzene rings is 2. The molecule has 1 fully saturated rings. The first kappa shape index (κ1) is 19.4. The highest BCUT2D eigenvalue weighted by atomic mass is 16.5. The topological polar surface area (TPSA) is 59.2 Å². The molecule has 1 unspecified atom stereocenters. The van der Waals surface area contributed by atoms with E-state index in [2.05, 4.69) is 62.1 Å². The van der Waals surface area contributed by atoms with Gasteiger partial charge in [0.05, 0.1) is 0 Å². The van der Waals surface area contributed by atoms with Gasteiger partial charge in [-0.2, -0.15) is 4.98 Å². The van der Waals surface area contributed by atoms with E-state index in [9.17, 15) is 4.79 Å². The van der Waals surface area contributed by atoms with Crippen LogP contribution in [0.2, 0.25) is 0 Å². The molecule has 1 amide bonds. The van der Waals surface area contributed by atoms with E-state index in [-0.39, 0.29) is 17.4 Å². The summed E-state index contributed by atoms with van der Waals surface area (Å²) in [6.45, 7) is 9.20. The molecule has 1 saturated heterocycles. The average Bonchev–Trinajstić information content (AvgIpc) is 3.30. The van der Waals surface area contributed by atoms with Crippen LogP contribution in [0, 0.1) is 6.92 Å². The number of aryl methyl sites for hydroxylation is 1. The van der Waals surface area contributed by atoms with Gasteiger partial charge in [0, 0.05) is 18.5 Å². The quantitative estimate of drug-likeness (QED) is 0.615. The summed E-state index contributed by atoms with van der Waals surface area (Å²) in [5, 5.41) is 4.18. The molecule has 2 heterocycles. The lowest BCUT2D eigenvalue weighted by atomic mass is 9.87. The minimum Gasteiger partial charge on any atom is -0.337 e. The monoisotopic (exact) mass is 389 g/mol. The second-order valence-electron chi connectivity index (χ2n) is 8.79. The van der Waals surface area contributed by atoms with Crippen LogP contribution in [0.4, 0.5) is 0 Å². The fourth-order valence-electron chi connectivity index (χ4n) is 3.77. The molecule has 4 rings (SSSR count). The van der Waals surface area contributed by atoms with Crippen LogP contribution in [0.1, 0.15) is 62.2 Å². The first-order valence-electron chi connectivity index (χ1n) is 10.1. The van der Waals surface area contributed by atoms with Crippen molar-refractivity contribution in [3.05, 3.63) is 71.1 Å². The van der Waals surface area contributed by atoms with Crippen molar-refractivity contribution in [3.8, 4) is 11.4 Å².